The van der Waals surface area contributed by atoms with Crippen LogP contribution < -0.4 is 10.2 Å². The second-order valence-corrected chi connectivity index (χ2v) is 9.11. The number of carbonyl (C=O) groups is 1. The molecule has 0 bridgehead atoms. The average molecular weight is 403 g/mol. The number of amides is 1. The van der Waals surface area contributed by atoms with E-state index in [2.05, 4.69) is 15.2 Å². The number of sulfonamides is 1. The summed E-state index contributed by atoms with van der Waals surface area (Å²) < 4.78 is 26.7. The molecular formula is C20H26N4O3S. The number of hydrogen-bond donors (Lipinski definition) is 1. The van der Waals surface area contributed by atoms with E-state index < -0.39 is 10.0 Å². The number of nitrogens with zero attached hydrogens (tertiary/aromatic N) is 3. The molecule has 8 heteroatoms. The first-order valence-electron chi connectivity index (χ1n) is 9.35. The summed E-state index contributed by atoms with van der Waals surface area (Å²) in [7, 11) is -3.41. The quantitative estimate of drug-likeness (QED) is 0.793. The number of pyridine rings is 1. The Hall–Kier alpha value is -2.45. The molecule has 0 radical (unpaired) electrons. The van der Waals surface area contributed by atoms with E-state index in [-0.39, 0.29) is 18.2 Å². The number of benzene rings is 1. The van der Waals surface area contributed by atoms with Gasteiger partial charge < -0.3 is 10.2 Å². The molecule has 1 saturated heterocycles. The van der Waals surface area contributed by atoms with E-state index in [4.69, 9.17) is 0 Å². The summed E-state index contributed by atoms with van der Waals surface area (Å²) in [6.07, 6.45) is 1.73. The maximum atomic E-state index is 12.6. The van der Waals surface area contributed by atoms with Gasteiger partial charge in [0.15, 0.2) is 0 Å². The van der Waals surface area contributed by atoms with Crippen molar-refractivity contribution in [3.05, 3.63) is 59.3 Å². The largest absolute Gasteiger partial charge is 0.354 e. The van der Waals surface area contributed by atoms with E-state index in [1.807, 2.05) is 38.1 Å². The molecule has 0 saturated carbocycles. The van der Waals surface area contributed by atoms with Gasteiger partial charge in [-0.25, -0.2) is 13.4 Å². The van der Waals surface area contributed by atoms with Crippen molar-refractivity contribution in [1.29, 1.82) is 0 Å². The Morgan fingerprint density at radius 1 is 1.07 bits per heavy atom. The third-order valence-electron chi connectivity index (χ3n) is 4.73. The second kappa shape index (κ2) is 8.70. The molecule has 1 aliphatic rings. The standard InChI is InChI=1S/C20H26N4O3S/c1-16-13-17(2)15-18(14-16)20(25)22-7-12-28(26,27)24-10-8-23(9-11-24)19-5-3-4-6-21-19/h3-6,13-15H,7-12H2,1-2H3,(H,22,25). The molecule has 3 rings (SSSR count). The molecule has 0 aliphatic carbocycles. The highest BCUT2D eigenvalue weighted by Gasteiger charge is 2.27. The van der Waals surface area contributed by atoms with E-state index in [1.54, 1.807) is 18.3 Å². The fraction of sp³-hybridized carbons (Fsp3) is 0.400. The van der Waals surface area contributed by atoms with E-state index in [9.17, 15) is 13.2 Å². The van der Waals surface area contributed by atoms with Crippen molar-refractivity contribution in [2.24, 2.45) is 0 Å². The summed E-state index contributed by atoms with van der Waals surface area (Å²) in [6.45, 7) is 6.00. The van der Waals surface area contributed by atoms with Crippen LogP contribution in [0.5, 0.6) is 0 Å². The number of aryl methyl sites for hydroxylation is 2. The first kappa shape index (κ1) is 20.3. The third-order valence-corrected chi connectivity index (χ3v) is 6.61. The normalized spacial score (nSPS) is 15.4. The van der Waals surface area contributed by atoms with Gasteiger partial charge in [-0.3, -0.25) is 4.79 Å². The molecular weight excluding hydrogens is 376 g/mol. The summed E-state index contributed by atoms with van der Waals surface area (Å²) in [5.41, 5.74) is 2.56. The number of rotatable bonds is 6. The van der Waals surface area contributed by atoms with Gasteiger partial charge in [-0.2, -0.15) is 4.31 Å². The van der Waals surface area contributed by atoms with Gasteiger partial charge in [-0.15, -0.1) is 0 Å². The van der Waals surface area contributed by atoms with Crippen molar-refractivity contribution < 1.29 is 13.2 Å². The molecule has 1 fully saturated rings. The van der Waals surface area contributed by atoms with E-state index in [1.165, 1.54) is 4.31 Å². The molecule has 0 unspecified atom stereocenters. The highest BCUT2D eigenvalue weighted by molar-refractivity contribution is 7.89. The van der Waals surface area contributed by atoms with Crippen molar-refractivity contribution in [2.75, 3.05) is 43.4 Å². The van der Waals surface area contributed by atoms with Gasteiger partial charge in [0.1, 0.15) is 5.82 Å². The molecule has 1 aromatic carbocycles. The lowest BCUT2D eigenvalue weighted by Crippen LogP contribution is -2.50. The zero-order valence-corrected chi connectivity index (χ0v) is 17.1. The Labute approximate surface area is 166 Å². The number of carbonyl (C=O) groups excluding carboxylic acids is 1. The maximum absolute atomic E-state index is 12.6. The van der Waals surface area contributed by atoms with Crippen molar-refractivity contribution >= 4 is 21.7 Å². The van der Waals surface area contributed by atoms with Crippen LogP contribution in [0.3, 0.4) is 0 Å². The van der Waals surface area contributed by atoms with Gasteiger partial charge in [0.25, 0.3) is 5.91 Å². The molecule has 1 aliphatic heterocycles. The zero-order valence-electron chi connectivity index (χ0n) is 16.3. The summed E-state index contributed by atoms with van der Waals surface area (Å²) in [5.74, 6) is 0.509. The monoisotopic (exact) mass is 402 g/mol. The van der Waals surface area contributed by atoms with Crippen molar-refractivity contribution in [3.8, 4) is 0 Å². The van der Waals surface area contributed by atoms with Crippen LogP contribution in [-0.2, 0) is 10.0 Å². The van der Waals surface area contributed by atoms with Crippen LogP contribution in [0.25, 0.3) is 0 Å². The SMILES string of the molecule is Cc1cc(C)cc(C(=O)NCCS(=O)(=O)N2CCN(c3ccccn3)CC2)c1. The van der Waals surface area contributed by atoms with Gasteiger partial charge in [0.2, 0.25) is 10.0 Å². The van der Waals surface area contributed by atoms with Gasteiger partial charge in [-0.05, 0) is 38.1 Å². The Bertz CT molecular complexity index is 903. The first-order chi connectivity index (χ1) is 13.3. The first-order valence-corrected chi connectivity index (χ1v) is 11.0. The third kappa shape index (κ3) is 5.08. The molecule has 28 heavy (non-hydrogen) atoms. The van der Waals surface area contributed by atoms with Crippen LogP contribution in [0, 0.1) is 13.8 Å². The van der Waals surface area contributed by atoms with E-state index >= 15 is 0 Å². The lowest BCUT2D eigenvalue weighted by molar-refractivity contribution is 0.0956. The minimum atomic E-state index is -3.41. The lowest BCUT2D eigenvalue weighted by atomic mass is 10.1. The van der Waals surface area contributed by atoms with Crippen LogP contribution >= 0.6 is 0 Å². The molecule has 150 valence electrons. The molecule has 2 heterocycles. The Morgan fingerprint density at radius 2 is 1.75 bits per heavy atom. The van der Waals surface area contributed by atoms with Crippen LogP contribution in [0.1, 0.15) is 21.5 Å². The number of hydrogen-bond acceptors (Lipinski definition) is 5. The van der Waals surface area contributed by atoms with Crippen molar-refractivity contribution in [1.82, 2.24) is 14.6 Å². The minimum absolute atomic E-state index is 0.0919. The zero-order chi connectivity index (χ0) is 20.1. The van der Waals surface area contributed by atoms with Crippen LogP contribution in [0.15, 0.2) is 42.6 Å². The fourth-order valence-corrected chi connectivity index (χ4v) is 4.70. The van der Waals surface area contributed by atoms with Crippen molar-refractivity contribution in [2.45, 2.75) is 13.8 Å². The van der Waals surface area contributed by atoms with Crippen molar-refractivity contribution in [3.63, 3.8) is 0 Å². The van der Waals surface area contributed by atoms with E-state index in [0.717, 1.165) is 16.9 Å². The molecule has 2 aromatic rings. The lowest BCUT2D eigenvalue weighted by Gasteiger charge is -2.34. The van der Waals surface area contributed by atoms with Crippen LogP contribution in [0.2, 0.25) is 0 Å². The summed E-state index contributed by atoms with van der Waals surface area (Å²) >= 11 is 0. The van der Waals surface area contributed by atoms with Gasteiger partial charge >= 0.3 is 0 Å². The summed E-state index contributed by atoms with van der Waals surface area (Å²) in [4.78, 5) is 18.7. The molecule has 0 spiro atoms. The van der Waals surface area contributed by atoms with Crippen LogP contribution in [-0.4, -0.2) is 62.1 Å². The number of aromatic nitrogens is 1. The Morgan fingerprint density at radius 3 is 2.36 bits per heavy atom. The average Bonchev–Trinajstić information content (AvgIpc) is 2.68. The summed E-state index contributed by atoms with van der Waals surface area (Å²) in [6, 6.07) is 11.3. The van der Waals surface area contributed by atoms with Gasteiger partial charge in [-0.1, -0.05) is 23.3 Å². The fourth-order valence-electron chi connectivity index (χ4n) is 3.37. The topological polar surface area (TPSA) is 82.6 Å². The molecule has 1 amide bonds. The van der Waals surface area contributed by atoms with Gasteiger partial charge in [0, 0.05) is 44.5 Å². The molecule has 1 N–H and O–H groups in total. The summed E-state index contributed by atoms with van der Waals surface area (Å²) in [5, 5.41) is 2.72. The minimum Gasteiger partial charge on any atom is -0.354 e. The molecule has 1 aromatic heterocycles. The van der Waals surface area contributed by atoms with Gasteiger partial charge in [0.05, 0.1) is 5.75 Å². The number of anilines is 1. The Balaban J connectivity index is 1.50. The predicted octanol–water partition coefficient (Wildman–Crippen LogP) is 1.58. The predicted molar refractivity (Wildman–Crippen MR) is 110 cm³/mol. The Kier molecular flexibility index (Phi) is 6.31. The van der Waals surface area contributed by atoms with Crippen LogP contribution in [0.4, 0.5) is 5.82 Å². The second-order valence-electron chi connectivity index (χ2n) is 7.02. The van der Waals surface area contributed by atoms with E-state index in [0.29, 0.717) is 31.7 Å². The highest BCUT2D eigenvalue weighted by atomic mass is 32.2. The highest BCUT2D eigenvalue weighted by Crippen LogP contribution is 2.15. The molecule has 7 nitrogen and oxygen atoms in total. The number of nitrogens with one attached hydrogen (secondary N) is 1. The number of piperazine rings is 1. The molecule has 0 atom stereocenters. The maximum Gasteiger partial charge on any atom is 0.251 e. The smallest absolute Gasteiger partial charge is 0.251 e.